The lowest BCUT2D eigenvalue weighted by atomic mass is 10.1. The average Bonchev–Trinajstić information content (AvgIpc) is 2.54. The first-order valence-corrected chi connectivity index (χ1v) is 5.10. The number of hydrogen-bond donors (Lipinski definition) is 0. The number of benzene rings is 1. The van der Waals surface area contributed by atoms with E-state index in [-0.39, 0.29) is 0 Å². The fraction of sp³-hybridized carbons (Fsp3) is 0.154. The molecule has 0 N–H and O–H groups in total. The molecule has 0 saturated heterocycles. The van der Waals surface area contributed by atoms with Crippen molar-refractivity contribution in [2.45, 2.75) is 13.8 Å². The van der Waals surface area contributed by atoms with Crippen LogP contribution in [0.1, 0.15) is 11.1 Å². The van der Waals surface area contributed by atoms with Crippen molar-refractivity contribution < 1.29 is 0 Å². The number of rotatable bonds is 0. The molecule has 0 aliphatic carbocycles. The van der Waals surface area contributed by atoms with Gasteiger partial charge < -0.3 is 0 Å². The van der Waals surface area contributed by atoms with Crippen LogP contribution in [0, 0.1) is 13.8 Å². The highest BCUT2D eigenvalue weighted by Crippen LogP contribution is 2.21. The van der Waals surface area contributed by atoms with Crippen LogP contribution in [0.5, 0.6) is 0 Å². The Morgan fingerprint density at radius 3 is 2.87 bits per heavy atom. The minimum Gasteiger partial charge on any atom is -0.299 e. The van der Waals surface area contributed by atoms with E-state index in [1.54, 1.807) is 0 Å². The van der Waals surface area contributed by atoms with Crippen LogP contribution in [0.15, 0.2) is 36.5 Å². The number of nitrogens with zero attached hydrogens (tertiary/aromatic N) is 2. The summed E-state index contributed by atoms with van der Waals surface area (Å²) >= 11 is 0. The molecule has 0 amide bonds. The van der Waals surface area contributed by atoms with Crippen molar-refractivity contribution in [3.05, 3.63) is 47.7 Å². The van der Waals surface area contributed by atoms with E-state index in [4.69, 9.17) is 0 Å². The average molecular weight is 196 g/mol. The van der Waals surface area contributed by atoms with Gasteiger partial charge in [0.2, 0.25) is 0 Å². The van der Waals surface area contributed by atoms with Gasteiger partial charge >= 0.3 is 0 Å². The monoisotopic (exact) mass is 196 g/mol. The van der Waals surface area contributed by atoms with E-state index in [1.165, 1.54) is 16.6 Å². The molecule has 0 aliphatic heterocycles. The van der Waals surface area contributed by atoms with E-state index < -0.39 is 0 Å². The third-order valence-corrected chi connectivity index (χ3v) is 2.74. The maximum absolute atomic E-state index is 4.60. The van der Waals surface area contributed by atoms with Crippen molar-refractivity contribution in [1.82, 2.24) is 9.38 Å². The van der Waals surface area contributed by atoms with E-state index in [1.807, 2.05) is 18.2 Å². The lowest BCUT2D eigenvalue weighted by Crippen LogP contribution is -1.85. The van der Waals surface area contributed by atoms with Crippen molar-refractivity contribution in [3.8, 4) is 0 Å². The largest absolute Gasteiger partial charge is 0.299 e. The van der Waals surface area contributed by atoms with Crippen LogP contribution in [0.2, 0.25) is 0 Å². The van der Waals surface area contributed by atoms with E-state index in [0.717, 1.165) is 11.2 Å². The molecule has 0 unspecified atom stereocenters. The number of pyridine rings is 1. The quantitative estimate of drug-likeness (QED) is 0.540. The van der Waals surface area contributed by atoms with Crippen LogP contribution in [-0.2, 0) is 0 Å². The van der Waals surface area contributed by atoms with Crippen LogP contribution < -0.4 is 0 Å². The van der Waals surface area contributed by atoms with Crippen molar-refractivity contribution in [2.75, 3.05) is 0 Å². The molecule has 0 spiro atoms. The highest BCUT2D eigenvalue weighted by Gasteiger charge is 2.06. The maximum atomic E-state index is 4.60. The second-order valence-electron chi connectivity index (χ2n) is 3.99. The summed E-state index contributed by atoms with van der Waals surface area (Å²) < 4.78 is 2.14. The molecular weight excluding hydrogens is 184 g/mol. The topological polar surface area (TPSA) is 17.3 Å². The first kappa shape index (κ1) is 8.48. The molecule has 0 aliphatic rings. The molecule has 2 aromatic heterocycles. The van der Waals surface area contributed by atoms with Gasteiger partial charge in [0.15, 0.2) is 0 Å². The molecule has 0 fully saturated rings. The minimum absolute atomic E-state index is 1.02. The van der Waals surface area contributed by atoms with E-state index in [9.17, 15) is 0 Å². The zero-order chi connectivity index (χ0) is 10.4. The third-order valence-electron chi connectivity index (χ3n) is 2.74. The molecule has 74 valence electrons. The Hall–Kier alpha value is -1.83. The lowest BCUT2D eigenvalue weighted by Gasteiger charge is -2.00. The Labute approximate surface area is 88.2 Å². The molecule has 2 nitrogen and oxygen atoms in total. The summed E-state index contributed by atoms with van der Waals surface area (Å²) in [5, 5.41) is 0. The van der Waals surface area contributed by atoms with E-state index >= 15 is 0 Å². The summed E-state index contributed by atoms with van der Waals surface area (Å²) in [6.07, 6.45) is 2.06. The SMILES string of the molecule is Cc1cc(C)c2c(c1)nc1ccccn12. The summed E-state index contributed by atoms with van der Waals surface area (Å²) in [6, 6.07) is 10.4. The van der Waals surface area contributed by atoms with Crippen LogP contribution in [0.25, 0.3) is 16.7 Å². The number of fused-ring (bicyclic) bond motifs is 3. The summed E-state index contributed by atoms with van der Waals surface area (Å²) in [4.78, 5) is 4.60. The fourth-order valence-corrected chi connectivity index (χ4v) is 2.17. The van der Waals surface area contributed by atoms with Gasteiger partial charge in [-0.1, -0.05) is 12.1 Å². The zero-order valence-corrected chi connectivity index (χ0v) is 8.86. The maximum Gasteiger partial charge on any atom is 0.137 e. The Kier molecular flexibility index (Phi) is 1.60. The summed E-state index contributed by atoms with van der Waals surface area (Å²) in [6.45, 7) is 4.24. The molecule has 0 bridgehead atoms. The molecule has 3 rings (SSSR count). The van der Waals surface area contributed by atoms with E-state index in [0.29, 0.717) is 0 Å². The molecule has 2 heterocycles. The van der Waals surface area contributed by atoms with Gasteiger partial charge in [-0.15, -0.1) is 0 Å². The van der Waals surface area contributed by atoms with Crippen LogP contribution in [-0.4, -0.2) is 9.38 Å². The van der Waals surface area contributed by atoms with Crippen molar-refractivity contribution in [3.63, 3.8) is 0 Å². The number of hydrogen-bond acceptors (Lipinski definition) is 1. The van der Waals surface area contributed by atoms with Gasteiger partial charge in [-0.2, -0.15) is 0 Å². The van der Waals surface area contributed by atoms with Crippen molar-refractivity contribution >= 4 is 16.7 Å². The van der Waals surface area contributed by atoms with Crippen LogP contribution in [0.3, 0.4) is 0 Å². The van der Waals surface area contributed by atoms with Gasteiger partial charge in [-0.05, 0) is 43.2 Å². The first-order valence-electron chi connectivity index (χ1n) is 5.10. The molecule has 15 heavy (non-hydrogen) atoms. The molecule has 0 radical (unpaired) electrons. The minimum atomic E-state index is 1.02. The standard InChI is InChI=1S/C13H12N2/c1-9-7-10(2)13-11(8-9)14-12-5-3-4-6-15(12)13/h3-8H,1-2H3. The molecule has 1 aromatic carbocycles. The van der Waals surface area contributed by atoms with Gasteiger partial charge in [0.1, 0.15) is 5.65 Å². The smallest absolute Gasteiger partial charge is 0.137 e. The van der Waals surface area contributed by atoms with Crippen LogP contribution in [0.4, 0.5) is 0 Å². The second kappa shape index (κ2) is 2.83. The first-order chi connectivity index (χ1) is 7.25. The summed E-state index contributed by atoms with van der Waals surface area (Å²) in [5.41, 5.74) is 5.86. The third kappa shape index (κ3) is 1.14. The predicted octanol–water partition coefficient (Wildman–Crippen LogP) is 3.10. The second-order valence-corrected chi connectivity index (χ2v) is 3.99. The van der Waals surface area contributed by atoms with Gasteiger partial charge in [0.05, 0.1) is 11.0 Å². The van der Waals surface area contributed by atoms with Crippen molar-refractivity contribution in [2.24, 2.45) is 0 Å². The van der Waals surface area contributed by atoms with Gasteiger partial charge in [0, 0.05) is 6.20 Å². The van der Waals surface area contributed by atoms with Crippen molar-refractivity contribution in [1.29, 1.82) is 0 Å². The predicted molar refractivity (Wildman–Crippen MR) is 62.2 cm³/mol. The lowest BCUT2D eigenvalue weighted by molar-refractivity contribution is 1.21. The normalized spacial score (nSPS) is 11.3. The fourth-order valence-electron chi connectivity index (χ4n) is 2.17. The summed E-state index contributed by atoms with van der Waals surface area (Å²) in [5.74, 6) is 0. The molecule has 0 atom stereocenters. The Balaban J connectivity index is 2.61. The molecule has 3 aromatic rings. The Morgan fingerprint density at radius 2 is 2.00 bits per heavy atom. The number of aromatic nitrogens is 2. The molecule has 2 heteroatoms. The molecule has 0 saturated carbocycles. The number of aryl methyl sites for hydroxylation is 2. The van der Waals surface area contributed by atoms with Gasteiger partial charge in [-0.25, -0.2) is 4.98 Å². The highest BCUT2D eigenvalue weighted by atomic mass is 15.0. The summed E-state index contributed by atoms with van der Waals surface area (Å²) in [7, 11) is 0. The molecular formula is C13H12N2. The van der Waals surface area contributed by atoms with Gasteiger partial charge in [-0.3, -0.25) is 4.40 Å². The zero-order valence-electron chi connectivity index (χ0n) is 8.86. The Bertz CT molecular complexity index is 650. The van der Waals surface area contributed by atoms with E-state index in [2.05, 4.69) is 41.6 Å². The highest BCUT2D eigenvalue weighted by molar-refractivity contribution is 5.84. The van der Waals surface area contributed by atoms with Crippen LogP contribution >= 0.6 is 0 Å². The number of imidazole rings is 1. The van der Waals surface area contributed by atoms with Gasteiger partial charge in [0.25, 0.3) is 0 Å². The Morgan fingerprint density at radius 1 is 1.13 bits per heavy atom.